The van der Waals surface area contributed by atoms with E-state index < -0.39 is 0 Å². The molecular formula is C31H31N5O2. The van der Waals surface area contributed by atoms with Crippen LogP contribution in [0.4, 0.5) is 0 Å². The summed E-state index contributed by atoms with van der Waals surface area (Å²) in [7, 11) is 1.69. The Kier molecular flexibility index (Phi) is 6.52. The first kappa shape index (κ1) is 24.1. The summed E-state index contributed by atoms with van der Waals surface area (Å²) in [6.45, 7) is 5.21. The van der Waals surface area contributed by atoms with Gasteiger partial charge in [-0.1, -0.05) is 19.1 Å². The van der Waals surface area contributed by atoms with E-state index in [1.807, 2.05) is 60.9 Å². The fourth-order valence-electron chi connectivity index (χ4n) is 5.52. The second-order valence-electron chi connectivity index (χ2n) is 9.83. The SMILES string of the molecule is CCN1CCCC(NC(=O)c2ccc(-c3c(OC)ccc4[nH]c5cnc(-c6cccnc6)cc5c34)cc2)C1. The molecule has 0 bridgehead atoms. The highest BCUT2D eigenvalue weighted by molar-refractivity contribution is 6.16. The number of pyridine rings is 2. The largest absolute Gasteiger partial charge is 0.496 e. The van der Waals surface area contributed by atoms with E-state index in [1.54, 1.807) is 13.3 Å². The smallest absolute Gasteiger partial charge is 0.251 e. The molecule has 7 nitrogen and oxygen atoms in total. The number of likely N-dealkylation sites (tertiary alicyclic amines) is 1. The lowest BCUT2D eigenvalue weighted by Gasteiger charge is -2.32. The quantitative estimate of drug-likeness (QED) is 0.311. The highest BCUT2D eigenvalue weighted by Gasteiger charge is 2.21. The molecule has 0 radical (unpaired) electrons. The molecular weight excluding hydrogens is 474 g/mol. The van der Waals surface area contributed by atoms with Crippen LogP contribution in [-0.2, 0) is 0 Å². The number of benzene rings is 2. The third-order valence-corrected chi connectivity index (χ3v) is 7.51. The molecule has 3 aromatic heterocycles. The predicted octanol–water partition coefficient (Wildman–Crippen LogP) is 5.67. The summed E-state index contributed by atoms with van der Waals surface area (Å²) in [6, 6.07) is 18.0. The number of methoxy groups -OCH3 is 1. The number of carbonyl (C=O) groups excluding carboxylic acids is 1. The predicted molar refractivity (Wildman–Crippen MR) is 151 cm³/mol. The molecule has 2 aromatic carbocycles. The molecule has 1 amide bonds. The summed E-state index contributed by atoms with van der Waals surface area (Å²) in [6.07, 6.45) is 7.59. The molecule has 2 N–H and O–H groups in total. The minimum atomic E-state index is -0.0241. The number of amides is 1. The number of aromatic nitrogens is 3. The van der Waals surface area contributed by atoms with Gasteiger partial charge in [0.05, 0.1) is 24.5 Å². The molecule has 6 rings (SSSR count). The van der Waals surface area contributed by atoms with Gasteiger partial charge in [0, 0.05) is 58.0 Å². The number of piperidine rings is 1. The second kappa shape index (κ2) is 10.3. The molecule has 5 aromatic rings. The van der Waals surface area contributed by atoms with Crippen LogP contribution in [0.5, 0.6) is 5.75 Å². The average molecular weight is 506 g/mol. The number of carbonyl (C=O) groups is 1. The molecule has 1 saturated heterocycles. The second-order valence-corrected chi connectivity index (χ2v) is 9.83. The topological polar surface area (TPSA) is 83.1 Å². The van der Waals surface area contributed by atoms with Crippen LogP contribution in [0.3, 0.4) is 0 Å². The van der Waals surface area contributed by atoms with Gasteiger partial charge in [-0.3, -0.25) is 14.8 Å². The van der Waals surface area contributed by atoms with Crippen molar-refractivity contribution in [3.8, 4) is 28.1 Å². The van der Waals surface area contributed by atoms with Crippen LogP contribution in [0.15, 0.2) is 73.2 Å². The monoisotopic (exact) mass is 505 g/mol. The lowest BCUT2D eigenvalue weighted by molar-refractivity contribution is 0.0906. The zero-order valence-electron chi connectivity index (χ0n) is 21.7. The molecule has 4 heterocycles. The van der Waals surface area contributed by atoms with Crippen molar-refractivity contribution in [2.45, 2.75) is 25.8 Å². The lowest BCUT2D eigenvalue weighted by Crippen LogP contribution is -2.47. The molecule has 1 aliphatic rings. The minimum Gasteiger partial charge on any atom is -0.496 e. The zero-order chi connectivity index (χ0) is 26.1. The zero-order valence-corrected chi connectivity index (χ0v) is 21.7. The van der Waals surface area contributed by atoms with Crippen molar-refractivity contribution < 1.29 is 9.53 Å². The molecule has 0 aliphatic carbocycles. The van der Waals surface area contributed by atoms with Gasteiger partial charge in [0.25, 0.3) is 5.91 Å². The average Bonchev–Trinajstić information content (AvgIpc) is 3.35. The van der Waals surface area contributed by atoms with Crippen LogP contribution >= 0.6 is 0 Å². The van der Waals surface area contributed by atoms with Crippen molar-refractivity contribution in [1.29, 1.82) is 0 Å². The van der Waals surface area contributed by atoms with Crippen molar-refractivity contribution in [2.24, 2.45) is 0 Å². The molecule has 1 aliphatic heterocycles. The minimum absolute atomic E-state index is 0.0241. The molecule has 38 heavy (non-hydrogen) atoms. The van der Waals surface area contributed by atoms with Gasteiger partial charge in [-0.05, 0) is 74.0 Å². The fraction of sp³-hybridized carbons (Fsp3) is 0.258. The summed E-state index contributed by atoms with van der Waals surface area (Å²) in [4.78, 5) is 27.8. The number of nitrogens with zero attached hydrogens (tertiary/aromatic N) is 3. The maximum Gasteiger partial charge on any atom is 0.251 e. The van der Waals surface area contributed by atoms with E-state index in [9.17, 15) is 4.79 Å². The Balaban J connectivity index is 1.37. The summed E-state index contributed by atoms with van der Waals surface area (Å²) in [5.41, 5.74) is 6.40. The summed E-state index contributed by atoms with van der Waals surface area (Å²) in [5.74, 6) is 0.751. The third-order valence-electron chi connectivity index (χ3n) is 7.51. The normalized spacial score (nSPS) is 16.1. The Morgan fingerprint density at radius 3 is 2.74 bits per heavy atom. The fourth-order valence-corrected chi connectivity index (χ4v) is 5.52. The van der Waals surface area contributed by atoms with Crippen LogP contribution in [-0.4, -0.2) is 58.5 Å². The number of nitrogens with one attached hydrogen (secondary N) is 2. The Morgan fingerprint density at radius 2 is 1.97 bits per heavy atom. The number of ether oxygens (including phenoxy) is 1. The number of hydrogen-bond donors (Lipinski definition) is 2. The Morgan fingerprint density at radius 1 is 1.11 bits per heavy atom. The lowest BCUT2D eigenvalue weighted by atomic mass is 9.97. The number of H-pyrrole nitrogens is 1. The van der Waals surface area contributed by atoms with Gasteiger partial charge in [0.2, 0.25) is 0 Å². The van der Waals surface area contributed by atoms with Crippen molar-refractivity contribution in [1.82, 2.24) is 25.2 Å². The maximum atomic E-state index is 13.0. The number of fused-ring (bicyclic) bond motifs is 3. The van der Waals surface area contributed by atoms with E-state index in [-0.39, 0.29) is 11.9 Å². The van der Waals surface area contributed by atoms with Crippen molar-refractivity contribution in [3.05, 3.63) is 78.8 Å². The van der Waals surface area contributed by atoms with Gasteiger partial charge < -0.3 is 19.9 Å². The van der Waals surface area contributed by atoms with E-state index >= 15 is 0 Å². The van der Waals surface area contributed by atoms with Gasteiger partial charge in [-0.2, -0.15) is 0 Å². The molecule has 192 valence electrons. The summed E-state index contributed by atoms with van der Waals surface area (Å²) < 4.78 is 5.82. The first-order chi connectivity index (χ1) is 18.6. The molecule has 1 atom stereocenters. The van der Waals surface area contributed by atoms with E-state index in [2.05, 4.69) is 38.2 Å². The van der Waals surface area contributed by atoms with Crippen LogP contribution in [0, 0.1) is 0 Å². The standard InChI is InChI=1S/C31H31N5O2/c1-3-36-15-5-7-23(19-36)34-31(37)21-10-8-20(9-11-21)29-28(38-2)13-12-25-30(29)24-16-26(33-18-27(24)35-25)22-6-4-14-32-17-22/h4,6,8-14,16-18,23,35H,3,5,7,15,19H2,1-2H3,(H,34,37). The van der Waals surface area contributed by atoms with Crippen molar-refractivity contribution in [2.75, 3.05) is 26.7 Å². The number of hydrogen-bond acceptors (Lipinski definition) is 5. The van der Waals surface area contributed by atoms with Gasteiger partial charge in [0.1, 0.15) is 5.75 Å². The number of likely N-dealkylation sites (N-methyl/N-ethyl adjacent to an activating group) is 1. The van der Waals surface area contributed by atoms with E-state index in [1.165, 1.54) is 0 Å². The Bertz CT molecular complexity index is 1590. The van der Waals surface area contributed by atoms with Gasteiger partial charge >= 0.3 is 0 Å². The highest BCUT2D eigenvalue weighted by Crippen LogP contribution is 2.41. The van der Waals surface area contributed by atoms with Gasteiger partial charge in [-0.15, -0.1) is 0 Å². The highest BCUT2D eigenvalue weighted by atomic mass is 16.5. The number of rotatable bonds is 6. The third kappa shape index (κ3) is 4.50. The molecule has 1 unspecified atom stereocenters. The molecule has 0 spiro atoms. The Labute approximate surface area is 221 Å². The van der Waals surface area contributed by atoms with Crippen molar-refractivity contribution >= 4 is 27.7 Å². The van der Waals surface area contributed by atoms with Crippen LogP contribution in [0.1, 0.15) is 30.1 Å². The first-order valence-corrected chi connectivity index (χ1v) is 13.2. The molecule has 1 fully saturated rings. The van der Waals surface area contributed by atoms with E-state index in [4.69, 9.17) is 4.74 Å². The van der Waals surface area contributed by atoms with Gasteiger partial charge in [0.15, 0.2) is 0 Å². The molecule has 7 heteroatoms. The van der Waals surface area contributed by atoms with Crippen LogP contribution < -0.4 is 10.1 Å². The van der Waals surface area contributed by atoms with Gasteiger partial charge in [-0.25, -0.2) is 0 Å². The van der Waals surface area contributed by atoms with Crippen LogP contribution in [0.25, 0.3) is 44.2 Å². The Hall–Kier alpha value is -4.23. The number of aromatic amines is 1. The van der Waals surface area contributed by atoms with E-state index in [0.717, 1.165) is 82.4 Å². The van der Waals surface area contributed by atoms with Crippen LogP contribution in [0.2, 0.25) is 0 Å². The van der Waals surface area contributed by atoms with Crippen molar-refractivity contribution in [3.63, 3.8) is 0 Å². The summed E-state index contributed by atoms with van der Waals surface area (Å²) in [5, 5.41) is 5.35. The summed E-state index contributed by atoms with van der Waals surface area (Å²) >= 11 is 0. The molecule has 0 saturated carbocycles. The maximum absolute atomic E-state index is 13.0. The van der Waals surface area contributed by atoms with E-state index in [0.29, 0.717) is 5.56 Å². The first-order valence-electron chi connectivity index (χ1n) is 13.2.